The third-order valence-electron chi connectivity index (χ3n) is 3.61. The molecule has 2 aromatic heterocycles. The number of anilines is 1. The second kappa shape index (κ2) is 4.97. The Morgan fingerprint density at radius 1 is 1.10 bits per heavy atom. The SMILES string of the molecule is CC1(C)CCN(c2nc(Cl)nc(-n3cncn3)n2)CC1. The molecule has 1 aliphatic heterocycles. The zero-order valence-electron chi connectivity index (χ0n) is 11.5. The largest absolute Gasteiger partial charge is 0.341 e. The highest BCUT2D eigenvalue weighted by Crippen LogP contribution is 2.31. The van der Waals surface area contributed by atoms with Crippen LogP contribution in [-0.4, -0.2) is 42.8 Å². The minimum absolute atomic E-state index is 0.172. The number of halogens is 1. The van der Waals surface area contributed by atoms with E-state index in [9.17, 15) is 0 Å². The van der Waals surface area contributed by atoms with Crippen molar-refractivity contribution < 1.29 is 0 Å². The first-order chi connectivity index (χ1) is 9.53. The first kappa shape index (κ1) is 13.2. The lowest BCUT2D eigenvalue weighted by atomic mass is 9.83. The Balaban J connectivity index is 1.87. The van der Waals surface area contributed by atoms with Gasteiger partial charge in [0.05, 0.1) is 0 Å². The van der Waals surface area contributed by atoms with Crippen LogP contribution in [0.25, 0.3) is 5.95 Å². The van der Waals surface area contributed by atoms with E-state index >= 15 is 0 Å². The van der Waals surface area contributed by atoms with Gasteiger partial charge in [0.25, 0.3) is 5.95 Å². The number of rotatable bonds is 2. The lowest BCUT2D eigenvalue weighted by Gasteiger charge is -2.36. The minimum Gasteiger partial charge on any atom is -0.341 e. The van der Waals surface area contributed by atoms with E-state index in [1.807, 2.05) is 0 Å². The second-order valence-corrected chi connectivity index (χ2v) is 6.03. The highest BCUT2D eigenvalue weighted by atomic mass is 35.5. The highest BCUT2D eigenvalue weighted by Gasteiger charge is 2.27. The van der Waals surface area contributed by atoms with Crippen molar-refractivity contribution in [1.82, 2.24) is 29.7 Å². The maximum atomic E-state index is 5.99. The molecule has 0 atom stereocenters. The fourth-order valence-corrected chi connectivity index (χ4v) is 2.35. The number of nitrogens with zero attached hydrogens (tertiary/aromatic N) is 7. The Labute approximate surface area is 122 Å². The fourth-order valence-electron chi connectivity index (χ4n) is 2.20. The highest BCUT2D eigenvalue weighted by molar-refractivity contribution is 6.28. The van der Waals surface area contributed by atoms with Gasteiger partial charge in [0.2, 0.25) is 11.2 Å². The first-order valence-corrected chi connectivity index (χ1v) is 6.93. The number of hydrogen-bond acceptors (Lipinski definition) is 6. The summed E-state index contributed by atoms with van der Waals surface area (Å²) < 4.78 is 1.48. The Bertz CT molecular complexity index is 586. The molecule has 1 fully saturated rings. The predicted molar refractivity (Wildman–Crippen MR) is 75.0 cm³/mol. The average molecular weight is 294 g/mol. The molecule has 3 rings (SSSR count). The van der Waals surface area contributed by atoms with Gasteiger partial charge >= 0.3 is 0 Å². The van der Waals surface area contributed by atoms with Crippen LogP contribution < -0.4 is 4.90 Å². The van der Waals surface area contributed by atoms with Crippen LogP contribution in [0.4, 0.5) is 5.95 Å². The van der Waals surface area contributed by atoms with Crippen LogP contribution >= 0.6 is 11.6 Å². The van der Waals surface area contributed by atoms with E-state index in [2.05, 4.69) is 43.8 Å². The molecule has 0 unspecified atom stereocenters. The molecule has 0 bridgehead atoms. The van der Waals surface area contributed by atoms with Crippen LogP contribution in [0.5, 0.6) is 0 Å². The summed E-state index contributed by atoms with van der Waals surface area (Å²) in [5, 5.41) is 4.18. The van der Waals surface area contributed by atoms with Gasteiger partial charge in [-0.1, -0.05) is 13.8 Å². The lowest BCUT2D eigenvalue weighted by Crippen LogP contribution is -2.38. The maximum Gasteiger partial charge on any atom is 0.258 e. The molecule has 0 amide bonds. The summed E-state index contributed by atoms with van der Waals surface area (Å²) in [5.41, 5.74) is 0.377. The smallest absolute Gasteiger partial charge is 0.258 e. The molecule has 106 valence electrons. The van der Waals surface area contributed by atoms with Crippen molar-refractivity contribution >= 4 is 17.5 Å². The van der Waals surface area contributed by atoms with Crippen LogP contribution in [0.3, 0.4) is 0 Å². The quantitative estimate of drug-likeness (QED) is 0.839. The molecule has 8 heteroatoms. The fraction of sp³-hybridized carbons (Fsp3) is 0.583. The van der Waals surface area contributed by atoms with E-state index in [1.165, 1.54) is 17.3 Å². The normalized spacial score (nSPS) is 18.2. The lowest BCUT2D eigenvalue weighted by molar-refractivity contribution is 0.278. The topological polar surface area (TPSA) is 72.6 Å². The zero-order chi connectivity index (χ0) is 14.2. The molecular formula is C12H16ClN7. The molecule has 3 heterocycles. The molecular weight excluding hydrogens is 278 g/mol. The molecule has 0 radical (unpaired) electrons. The molecule has 0 aliphatic carbocycles. The molecule has 1 saturated heterocycles. The average Bonchev–Trinajstić information content (AvgIpc) is 2.91. The van der Waals surface area contributed by atoms with Gasteiger partial charge in [0.15, 0.2) is 0 Å². The summed E-state index contributed by atoms with van der Waals surface area (Å²) in [6.45, 7) is 6.41. The number of piperidine rings is 1. The van der Waals surface area contributed by atoms with Gasteiger partial charge in [0, 0.05) is 13.1 Å². The van der Waals surface area contributed by atoms with Crippen LogP contribution in [0.2, 0.25) is 5.28 Å². The molecule has 0 spiro atoms. The first-order valence-electron chi connectivity index (χ1n) is 6.55. The van der Waals surface area contributed by atoms with Crippen LogP contribution in [0, 0.1) is 5.41 Å². The van der Waals surface area contributed by atoms with Crippen molar-refractivity contribution in [2.24, 2.45) is 5.41 Å². The van der Waals surface area contributed by atoms with E-state index in [1.54, 1.807) is 0 Å². The van der Waals surface area contributed by atoms with Crippen LogP contribution in [0.1, 0.15) is 26.7 Å². The van der Waals surface area contributed by atoms with Crippen molar-refractivity contribution in [3.05, 3.63) is 17.9 Å². The summed E-state index contributed by atoms with van der Waals surface area (Å²) in [4.78, 5) is 18.7. The van der Waals surface area contributed by atoms with E-state index in [0.29, 0.717) is 17.3 Å². The molecule has 20 heavy (non-hydrogen) atoms. The van der Waals surface area contributed by atoms with Gasteiger partial charge in [-0.2, -0.15) is 24.7 Å². The third kappa shape index (κ3) is 2.72. The Kier molecular flexibility index (Phi) is 3.29. The maximum absolute atomic E-state index is 5.99. The van der Waals surface area contributed by atoms with Gasteiger partial charge in [-0.15, -0.1) is 0 Å². The monoisotopic (exact) mass is 293 g/mol. The van der Waals surface area contributed by atoms with Gasteiger partial charge < -0.3 is 4.90 Å². The summed E-state index contributed by atoms with van der Waals surface area (Å²) >= 11 is 5.99. The van der Waals surface area contributed by atoms with Gasteiger partial charge in [-0.25, -0.2) is 4.98 Å². The van der Waals surface area contributed by atoms with Gasteiger partial charge in [0.1, 0.15) is 12.7 Å². The van der Waals surface area contributed by atoms with E-state index < -0.39 is 0 Å². The van der Waals surface area contributed by atoms with Crippen molar-refractivity contribution in [3.63, 3.8) is 0 Å². The molecule has 0 N–H and O–H groups in total. The van der Waals surface area contributed by atoms with Gasteiger partial charge in [-0.3, -0.25) is 0 Å². The summed E-state index contributed by atoms with van der Waals surface area (Å²) in [6.07, 6.45) is 5.18. The van der Waals surface area contributed by atoms with Crippen molar-refractivity contribution in [2.45, 2.75) is 26.7 Å². The Hall–Kier alpha value is -1.76. The van der Waals surface area contributed by atoms with Crippen molar-refractivity contribution in [1.29, 1.82) is 0 Å². The van der Waals surface area contributed by atoms with E-state index in [0.717, 1.165) is 25.9 Å². The molecule has 1 aliphatic rings. The molecule has 0 aromatic carbocycles. The standard InChI is InChI=1S/C12H16ClN7/c1-12(2)3-5-19(6-4-12)10-16-9(13)17-11(18-10)20-8-14-7-15-20/h7-8H,3-6H2,1-2H3. The van der Waals surface area contributed by atoms with Crippen molar-refractivity contribution in [2.75, 3.05) is 18.0 Å². The minimum atomic E-state index is 0.172. The van der Waals surface area contributed by atoms with Gasteiger partial charge in [-0.05, 0) is 29.9 Å². The van der Waals surface area contributed by atoms with Crippen LogP contribution in [-0.2, 0) is 0 Å². The zero-order valence-corrected chi connectivity index (χ0v) is 12.2. The van der Waals surface area contributed by atoms with E-state index in [4.69, 9.17) is 11.6 Å². The van der Waals surface area contributed by atoms with Crippen LogP contribution in [0.15, 0.2) is 12.7 Å². The molecule has 7 nitrogen and oxygen atoms in total. The molecule has 2 aromatic rings. The summed E-state index contributed by atoms with van der Waals surface area (Å²) in [5.74, 6) is 0.994. The molecule has 0 saturated carbocycles. The van der Waals surface area contributed by atoms with Crippen molar-refractivity contribution in [3.8, 4) is 5.95 Å². The Morgan fingerprint density at radius 2 is 1.80 bits per heavy atom. The summed E-state index contributed by atoms with van der Waals surface area (Å²) in [7, 11) is 0. The number of aromatic nitrogens is 6. The second-order valence-electron chi connectivity index (χ2n) is 5.70. The number of hydrogen-bond donors (Lipinski definition) is 0. The predicted octanol–water partition coefficient (Wildman–Crippen LogP) is 1.73. The summed E-state index contributed by atoms with van der Waals surface area (Å²) in [6, 6.07) is 0. The van der Waals surface area contributed by atoms with E-state index in [-0.39, 0.29) is 5.28 Å². The Morgan fingerprint density at radius 3 is 2.45 bits per heavy atom. The third-order valence-corrected chi connectivity index (χ3v) is 3.78.